The summed E-state index contributed by atoms with van der Waals surface area (Å²) in [5.74, 6) is -0.830. The fraction of sp³-hybridized carbons (Fsp3) is 0.400. The van der Waals surface area contributed by atoms with Gasteiger partial charge in [0.15, 0.2) is 0 Å². The van der Waals surface area contributed by atoms with Gasteiger partial charge >= 0.3 is 5.97 Å². The van der Waals surface area contributed by atoms with Crippen LogP contribution in [0.15, 0.2) is 5.38 Å². The summed E-state index contributed by atoms with van der Waals surface area (Å²) in [5.41, 5.74) is 2.49. The molecule has 17 heavy (non-hydrogen) atoms. The monoisotopic (exact) mass is 252 g/mol. The Morgan fingerprint density at radius 3 is 2.88 bits per heavy atom. The second kappa shape index (κ2) is 4.62. The molecule has 6 nitrogen and oxygen atoms in total. The van der Waals surface area contributed by atoms with E-state index < -0.39 is 5.97 Å². The van der Waals surface area contributed by atoms with E-state index in [0.29, 0.717) is 12.1 Å². The van der Waals surface area contributed by atoms with Crippen LogP contribution < -0.4 is 0 Å². The number of hydrogen-bond donors (Lipinski definition) is 1. The first-order valence-corrected chi connectivity index (χ1v) is 6.01. The van der Waals surface area contributed by atoms with Crippen molar-refractivity contribution in [3.8, 4) is 5.13 Å². The maximum Gasteiger partial charge on any atom is 0.303 e. The third-order valence-corrected chi connectivity index (χ3v) is 3.29. The van der Waals surface area contributed by atoms with Crippen molar-refractivity contribution >= 4 is 17.3 Å². The Kier molecular flexibility index (Phi) is 3.19. The molecule has 0 unspecified atom stereocenters. The van der Waals surface area contributed by atoms with E-state index in [1.54, 1.807) is 4.68 Å². The molecule has 90 valence electrons. The normalized spacial score (nSPS) is 10.7. The van der Waals surface area contributed by atoms with Crippen molar-refractivity contribution in [3.05, 3.63) is 22.5 Å². The van der Waals surface area contributed by atoms with Crippen LogP contribution in [-0.4, -0.2) is 31.1 Å². The van der Waals surface area contributed by atoms with E-state index in [1.807, 2.05) is 19.2 Å². The summed E-state index contributed by atoms with van der Waals surface area (Å²) in [6, 6.07) is 0. The van der Waals surface area contributed by atoms with Crippen molar-refractivity contribution in [1.82, 2.24) is 20.0 Å². The Hall–Kier alpha value is -1.76. The number of carboxylic acid groups (broad SMARTS) is 1. The van der Waals surface area contributed by atoms with Gasteiger partial charge in [0.05, 0.1) is 23.5 Å². The highest BCUT2D eigenvalue weighted by Gasteiger charge is 2.13. The van der Waals surface area contributed by atoms with E-state index in [2.05, 4.69) is 15.3 Å². The Labute approximate surface area is 102 Å². The number of thiazole rings is 1. The number of nitrogens with zero attached hydrogens (tertiary/aromatic N) is 4. The Morgan fingerprint density at radius 2 is 2.29 bits per heavy atom. The zero-order chi connectivity index (χ0) is 12.4. The molecule has 0 bridgehead atoms. The number of rotatable bonds is 4. The van der Waals surface area contributed by atoms with Crippen molar-refractivity contribution in [2.45, 2.75) is 26.7 Å². The van der Waals surface area contributed by atoms with Crippen molar-refractivity contribution in [2.24, 2.45) is 0 Å². The van der Waals surface area contributed by atoms with Crippen molar-refractivity contribution < 1.29 is 9.90 Å². The second-order valence-corrected chi connectivity index (χ2v) is 4.54. The van der Waals surface area contributed by atoms with Crippen molar-refractivity contribution in [3.63, 3.8) is 0 Å². The van der Waals surface area contributed by atoms with Gasteiger partial charge in [0, 0.05) is 11.8 Å². The highest BCUT2D eigenvalue weighted by molar-refractivity contribution is 7.12. The van der Waals surface area contributed by atoms with Crippen LogP contribution in [-0.2, 0) is 11.2 Å². The van der Waals surface area contributed by atoms with Crippen LogP contribution in [0.4, 0.5) is 0 Å². The maximum atomic E-state index is 10.5. The predicted octanol–water partition coefficient (Wildman–Crippen LogP) is 1.36. The number of aromatic nitrogens is 4. The molecule has 1 N–H and O–H groups in total. The lowest BCUT2D eigenvalue weighted by Gasteiger charge is -1.98. The standard InChI is InChI=1S/C10H12N4O2S/c1-6-5-17-10(11-6)14-7(2)8(12-13-14)3-4-9(15)16/h5H,3-4H2,1-2H3,(H,15,16). The molecule has 0 aliphatic carbocycles. The lowest BCUT2D eigenvalue weighted by atomic mass is 10.2. The summed E-state index contributed by atoms with van der Waals surface area (Å²) in [5, 5.41) is 19.3. The van der Waals surface area contributed by atoms with Gasteiger partial charge < -0.3 is 5.11 Å². The molecule has 2 aromatic heterocycles. The van der Waals surface area contributed by atoms with Gasteiger partial charge in [-0.05, 0) is 13.8 Å². The van der Waals surface area contributed by atoms with Gasteiger partial charge in [0.25, 0.3) is 0 Å². The molecule has 0 aromatic carbocycles. The number of aryl methyl sites for hydroxylation is 2. The smallest absolute Gasteiger partial charge is 0.303 e. The summed E-state index contributed by atoms with van der Waals surface area (Å²) in [7, 11) is 0. The molecule has 0 radical (unpaired) electrons. The predicted molar refractivity (Wildman–Crippen MR) is 62.5 cm³/mol. The van der Waals surface area contributed by atoms with Crippen LogP contribution in [0, 0.1) is 13.8 Å². The molecule has 0 amide bonds. The average Bonchev–Trinajstić information content (AvgIpc) is 2.82. The van der Waals surface area contributed by atoms with Crippen LogP contribution >= 0.6 is 11.3 Å². The first-order valence-electron chi connectivity index (χ1n) is 5.13. The largest absolute Gasteiger partial charge is 0.481 e. The van der Waals surface area contributed by atoms with Crippen LogP contribution in [0.25, 0.3) is 5.13 Å². The van der Waals surface area contributed by atoms with Crippen molar-refractivity contribution in [1.29, 1.82) is 0 Å². The van der Waals surface area contributed by atoms with Gasteiger partial charge in [0.1, 0.15) is 0 Å². The molecule has 7 heteroatoms. The molecule has 0 atom stereocenters. The topological polar surface area (TPSA) is 80.9 Å². The molecule has 0 fully saturated rings. The zero-order valence-corrected chi connectivity index (χ0v) is 10.4. The van der Waals surface area contributed by atoms with E-state index >= 15 is 0 Å². The molecule has 0 spiro atoms. The van der Waals surface area contributed by atoms with Gasteiger partial charge in [0.2, 0.25) is 5.13 Å². The Balaban J connectivity index is 2.23. The van der Waals surface area contributed by atoms with Crippen LogP contribution in [0.3, 0.4) is 0 Å². The molecule has 0 aliphatic rings. The van der Waals surface area contributed by atoms with E-state index in [1.165, 1.54) is 11.3 Å². The van der Waals surface area contributed by atoms with Gasteiger partial charge in [-0.25, -0.2) is 4.98 Å². The quantitative estimate of drug-likeness (QED) is 0.888. The van der Waals surface area contributed by atoms with E-state index in [0.717, 1.165) is 16.5 Å². The minimum Gasteiger partial charge on any atom is -0.481 e. The summed E-state index contributed by atoms with van der Waals surface area (Å²) in [6.07, 6.45) is 0.460. The van der Waals surface area contributed by atoms with Gasteiger partial charge in [-0.1, -0.05) is 5.21 Å². The lowest BCUT2D eigenvalue weighted by Crippen LogP contribution is -2.01. The zero-order valence-electron chi connectivity index (χ0n) is 9.54. The first kappa shape index (κ1) is 11.7. The third kappa shape index (κ3) is 2.50. The van der Waals surface area contributed by atoms with E-state index in [4.69, 9.17) is 5.11 Å². The molecular weight excluding hydrogens is 240 g/mol. The molecule has 2 heterocycles. The van der Waals surface area contributed by atoms with Gasteiger partial charge in [-0.3, -0.25) is 4.79 Å². The molecule has 0 saturated carbocycles. The highest BCUT2D eigenvalue weighted by atomic mass is 32.1. The third-order valence-electron chi connectivity index (χ3n) is 2.35. The molecule has 0 saturated heterocycles. The minimum absolute atomic E-state index is 0.0659. The first-order chi connectivity index (χ1) is 8.08. The molecule has 2 aromatic rings. The number of hydrogen-bond acceptors (Lipinski definition) is 5. The Bertz CT molecular complexity index is 546. The van der Waals surface area contributed by atoms with Crippen LogP contribution in [0.5, 0.6) is 0 Å². The van der Waals surface area contributed by atoms with Gasteiger partial charge in [-0.2, -0.15) is 4.68 Å². The maximum absolute atomic E-state index is 10.5. The molecular formula is C10H12N4O2S. The summed E-state index contributed by atoms with van der Waals surface area (Å²) in [4.78, 5) is 14.8. The van der Waals surface area contributed by atoms with Gasteiger partial charge in [-0.15, -0.1) is 16.4 Å². The molecule has 2 rings (SSSR count). The Morgan fingerprint density at radius 1 is 1.53 bits per heavy atom. The van der Waals surface area contributed by atoms with Crippen LogP contribution in [0.1, 0.15) is 23.5 Å². The van der Waals surface area contributed by atoms with Crippen LogP contribution in [0.2, 0.25) is 0 Å². The fourth-order valence-electron chi connectivity index (χ4n) is 1.44. The van der Waals surface area contributed by atoms with E-state index in [-0.39, 0.29) is 6.42 Å². The van der Waals surface area contributed by atoms with E-state index in [9.17, 15) is 4.79 Å². The number of carbonyl (C=O) groups is 1. The summed E-state index contributed by atoms with van der Waals surface area (Å²) >= 11 is 1.49. The number of aliphatic carboxylic acids is 1. The second-order valence-electron chi connectivity index (χ2n) is 3.70. The lowest BCUT2D eigenvalue weighted by molar-refractivity contribution is -0.136. The summed E-state index contributed by atoms with van der Waals surface area (Å²) in [6.45, 7) is 3.78. The summed E-state index contributed by atoms with van der Waals surface area (Å²) < 4.78 is 1.65. The van der Waals surface area contributed by atoms with Crippen molar-refractivity contribution in [2.75, 3.05) is 0 Å². The average molecular weight is 252 g/mol. The number of carboxylic acids is 1. The molecule has 0 aliphatic heterocycles. The minimum atomic E-state index is -0.830. The highest BCUT2D eigenvalue weighted by Crippen LogP contribution is 2.17. The fourth-order valence-corrected chi connectivity index (χ4v) is 2.24. The SMILES string of the molecule is Cc1csc(-n2nnc(CCC(=O)O)c2C)n1.